The fourth-order valence-electron chi connectivity index (χ4n) is 3.08. The molecule has 0 unspecified atom stereocenters. The number of hydrogen-bond donors (Lipinski definition) is 1. The summed E-state index contributed by atoms with van der Waals surface area (Å²) in [4.78, 5) is 36.1. The molecule has 0 spiro atoms. The summed E-state index contributed by atoms with van der Waals surface area (Å²) in [6.45, 7) is 1.41. The summed E-state index contributed by atoms with van der Waals surface area (Å²) in [6.07, 6.45) is -4.07. The van der Waals surface area contributed by atoms with Crippen LogP contribution in [0.15, 0.2) is 60.8 Å². The first kappa shape index (κ1) is 23.7. The Hall–Kier alpha value is -3.95. The molecule has 172 valence electrons. The van der Waals surface area contributed by atoms with E-state index in [9.17, 15) is 27.6 Å². The van der Waals surface area contributed by atoms with Crippen molar-refractivity contribution < 1.29 is 32.3 Å². The van der Waals surface area contributed by atoms with Gasteiger partial charge in [-0.25, -0.2) is 9.48 Å². The van der Waals surface area contributed by atoms with Gasteiger partial charge in [-0.1, -0.05) is 30.3 Å². The Morgan fingerprint density at radius 1 is 1.00 bits per heavy atom. The zero-order valence-corrected chi connectivity index (χ0v) is 17.6. The number of alkyl halides is 3. The molecule has 2 aromatic carbocycles. The Morgan fingerprint density at radius 2 is 1.67 bits per heavy atom. The van der Waals surface area contributed by atoms with Crippen molar-refractivity contribution in [2.24, 2.45) is 0 Å². The van der Waals surface area contributed by atoms with Gasteiger partial charge in [0.2, 0.25) is 5.91 Å². The minimum absolute atomic E-state index is 0.0206. The van der Waals surface area contributed by atoms with E-state index in [1.165, 1.54) is 31.2 Å². The Bertz CT molecular complexity index is 1140. The summed E-state index contributed by atoms with van der Waals surface area (Å²) >= 11 is 0. The number of nitrogens with zero attached hydrogens (tertiary/aromatic N) is 2. The number of carbonyl (C=O) groups excluding carboxylic acids is 3. The predicted octanol–water partition coefficient (Wildman–Crippen LogP) is 4.67. The summed E-state index contributed by atoms with van der Waals surface area (Å²) in [5.74, 6) is -1.70. The van der Waals surface area contributed by atoms with Crippen LogP contribution in [0.3, 0.4) is 0 Å². The summed E-state index contributed by atoms with van der Waals surface area (Å²) in [5, 5.41) is 6.29. The molecule has 0 radical (unpaired) electrons. The Morgan fingerprint density at radius 3 is 2.27 bits per heavy atom. The van der Waals surface area contributed by atoms with Crippen LogP contribution in [0.25, 0.3) is 5.69 Å². The maximum atomic E-state index is 13.6. The van der Waals surface area contributed by atoms with Gasteiger partial charge in [0.05, 0.1) is 18.5 Å². The second kappa shape index (κ2) is 10.1. The number of aromatic nitrogens is 2. The van der Waals surface area contributed by atoms with E-state index in [2.05, 4.69) is 15.2 Å². The number of esters is 1. The van der Waals surface area contributed by atoms with E-state index < -0.39 is 29.3 Å². The molecule has 3 rings (SSSR count). The highest BCUT2D eigenvalue weighted by Crippen LogP contribution is 2.34. The highest BCUT2D eigenvalue weighted by atomic mass is 19.4. The number of Topliss-reactive ketones (excluding diaryl/α,β-unsaturated/α-hetero) is 1. The van der Waals surface area contributed by atoms with Gasteiger partial charge in [0, 0.05) is 24.1 Å². The number of benzene rings is 2. The van der Waals surface area contributed by atoms with Gasteiger partial charge in [-0.2, -0.15) is 18.3 Å². The minimum atomic E-state index is -4.85. The molecule has 0 saturated heterocycles. The van der Waals surface area contributed by atoms with Crippen molar-refractivity contribution in [3.63, 3.8) is 0 Å². The Balaban J connectivity index is 1.69. The van der Waals surface area contributed by atoms with E-state index in [0.717, 1.165) is 6.20 Å². The number of hydrogen-bond acceptors (Lipinski definition) is 5. The van der Waals surface area contributed by atoms with E-state index >= 15 is 0 Å². The minimum Gasteiger partial charge on any atom is -0.462 e. The van der Waals surface area contributed by atoms with Crippen molar-refractivity contribution >= 4 is 23.3 Å². The SMILES string of the molecule is CCOC(=O)c1cnn(-c2ccc(NC(=O)CCC(=O)c3ccccc3)cc2)c1C(F)(F)F. The van der Waals surface area contributed by atoms with Crippen molar-refractivity contribution in [1.29, 1.82) is 0 Å². The molecule has 10 heteroatoms. The molecule has 0 bridgehead atoms. The molecular weight excluding hydrogens is 439 g/mol. The van der Waals surface area contributed by atoms with Crippen LogP contribution >= 0.6 is 0 Å². The molecule has 0 aliphatic carbocycles. The van der Waals surface area contributed by atoms with Crippen molar-refractivity contribution in [1.82, 2.24) is 9.78 Å². The largest absolute Gasteiger partial charge is 0.462 e. The molecule has 3 aromatic rings. The standard InChI is InChI=1S/C23H20F3N3O4/c1-2-33-22(32)18-14-27-29(21(18)23(24,25)26)17-10-8-16(9-11-17)28-20(31)13-12-19(30)15-6-4-3-5-7-15/h3-11,14H,2,12-13H2,1H3,(H,28,31). The van der Waals surface area contributed by atoms with E-state index in [-0.39, 0.29) is 30.9 Å². The average molecular weight is 459 g/mol. The lowest BCUT2D eigenvalue weighted by Gasteiger charge is -2.13. The maximum Gasteiger partial charge on any atom is 0.434 e. The summed E-state index contributed by atoms with van der Waals surface area (Å²) in [5.41, 5.74) is -1.06. The zero-order valence-electron chi connectivity index (χ0n) is 17.6. The molecular formula is C23H20F3N3O4. The van der Waals surface area contributed by atoms with Crippen LogP contribution in [-0.2, 0) is 15.7 Å². The van der Waals surface area contributed by atoms with Gasteiger partial charge < -0.3 is 10.1 Å². The second-order valence-corrected chi connectivity index (χ2v) is 6.92. The monoisotopic (exact) mass is 459 g/mol. The van der Waals surface area contributed by atoms with Gasteiger partial charge in [0.1, 0.15) is 5.56 Å². The lowest BCUT2D eigenvalue weighted by Crippen LogP contribution is -2.18. The number of rotatable bonds is 8. The number of carbonyl (C=O) groups is 3. The third-order valence-corrected chi connectivity index (χ3v) is 4.60. The molecule has 0 aliphatic heterocycles. The smallest absolute Gasteiger partial charge is 0.434 e. The molecule has 7 nitrogen and oxygen atoms in total. The molecule has 1 N–H and O–H groups in total. The molecule has 0 fully saturated rings. The fourth-order valence-corrected chi connectivity index (χ4v) is 3.08. The van der Waals surface area contributed by atoms with Crippen LogP contribution in [0.5, 0.6) is 0 Å². The fraction of sp³-hybridized carbons (Fsp3) is 0.217. The highest BCUT2D eigenvalue weighted by molar-refractivity contribution is 6.00. The summed E-state index contributed by atoms with van der Waals surface area (Å²) < 4.78 is 46.1. The molecule has 1 amide bonds. The molecule has 1 aromatic heterocycles. The first-order valence-electron chi connectivity index (χ1n) is 10.0. The normalized spacial score (nSPS) is 11.2. The van der Waals surface area contributed by atoms with Crippen molar-refractivity contribution in [3.05, 3.63) is 77.6 Å². The molecule has 1 heterocycles. The second-order valence-electron chi connectivity index (χ2n) is 6.92. The number of nitrogens with one attached hydrogen (secondary N) is 1. The molecule has 0 saturated carbocycles. The average Bonchev–Trinajstić information content (AvgIpc) is 3.25. The lowest BCUT2D eigenvalue weighted by molar-refractivity contribution is -0.143. The molecule has 0 atom stereocenters. The van der Waals surface area contributed by atoms with Crippen LogP contribution < -0.4 is 5.32 Å². The van der Waals surface area contributed by atoms with Crippen LogP contribution in [0.2, 0.25) is 0 Å². The van der Waals surface area contributed by atoms with Gasteiger partial charge in [-0.3, -0.25) is 9.59 Å². The topological polar surface area (TPSA) is 90.3 Å². The third-order valence-electron chi connectivity index (χ3n) is 4.60. The number of halogens is 3. The van der Waals surface area contributed by atoms with Gasteiger partial charge in [-0.15, -0.1) is 0 Å². The van der Waals surface area contributed by atoms with E-state index in [4.69, 9.17) is 0 Å². The number of ether oxygens (including phenoxy) is 1. The van der Waals surface area contributed by atoms with Crippen molar-refractivity contribution in [2.75, 3.05) is 11.9 Å². The third kappa shape index (κ3) is 5.85. The highest BCUT2D eigenvalue weighted by Gasteiger charge is 2.41. The Labute approximate surface area is 187 Å². The van der Waals surface area contributed by atoms with Gasteiger partial charge >= 0.3 is 12.1 Å². The van der Waals surface area contributed by atoms with Crippen molar-refractivity contribution in [3.8, 4) is 5.69 Å². The predicted molar refractivity (Wildman–Crippen MR) is 113 cm³/mol. The first-order chi connectivity index (χ1) is 15.7. The lowest BCUT2D eigenvalue weighted by atomic mass is 10.1. The first-order valence-corrected chi connectivity index (χ1v) is 10.0. The number of ketones is 1. The number of anilines is 1. The van der Waals surface area contributed by atoms with E-state index in [1.54, 1.807) is 30.3 Å². The van der Waals surface area contributed by atoms with E-state index in [0.29, 0.717) is 15.9 Å². The zero-order chi connectivity index (χ0) is 24.0. The van der Waals surface area contributed by atoms with Gasteiger partial charge in [0.15, 0.2) is 11.5 Å². The summed E-state index contributed by atoms with van der Waals surface area (Å²) in [7, 11) is 0. The molecule has 0 aliphatic rings. The van der Waals surface area contributed by atoms with E-state index in [1.807, 2.05) is 0 Å². The summed E-state index contributed by atoms with van der Waals surface area (Å²) in [6, 6.07) is 14.0. The van der Waals surface area contributed by atoms with Gasteiger partial charge in [0.25, 0.3) is 0 Å². The van der Waals surface area contributed by atoms with Crippen LogP contribution in [0.4, 0.5) is 18.9 Å². The maximum absolute atomic E-state index is 13.6. The molecule has 33 heavy (non-hydrogen) atoms. The Kier molecular flexibility index (Phi) is 7.27. The van der Waals surface area contributed by atoms with Crippen LogP contribution in [-0.4, -0.2) is 34.0 Å². The van der Waals surface area contributed by atoms with Crippen molar-refractivity contribution in [2.45, 2.75) is 25.9 Å². The quantitative estimate of drug-likeness (QED) is 0.391. The number of amides is 1. The van der Waals surface area contributed by atoms with Crippen LogP contribution in [0, 0.1) is 0 Å². The van der Waals surface area contributed by atoms with Crippen LogP contribution in [0.1, 0.15) is 46.2 Å². The van der Waals surface area contributed by atoms with Gasteiger partial charge in [-0.05, 0) is 31.2 Å².